The van der Waals surface area contributed by atoms with Gasteiger partial charge in [-0.15, -0.1) is 0 Å². The van der Waals surface area contributed by atoms with Crippen molar-refractivity contribution in [1.82, 2.24) is 0 Å². The fraction of sp³-hybridized carbons (Fsp3) is 0.538. The second kappa shape index (κ2) is 4.90. The van der Waals surface area contributed by atoms with Crippen molar-refractivity contribution in [1.29, 1.82) is 0 Å². The topological polar surface area (TPSA) is 69.4 Å². The highest BCUT2D eigenvalue weighted by atomic mass is 32.2. The first-order chi connectivity index (χ1) is 8.07. The van der Waals surface area contributed by atoms with Crippen LogP contribution in [-0.4, -0.2) is 26.8 Å². The van der Waals surface area contributed by atoms with Gasteiger partial charge in [-0.1, -0.05) is 0 Å². The highest BCUT2D eigenvalue weighted by molar-refractivity contribution is 7.91. The Balaban J connectivity index is 3.30. The van der Waals surface area contributed by atoms with Gasteiger partial charge in [0.1, 0.15) is 5.75 Å². The van der Waals surface area contributed by atoms with E-state index in [1.54, 1.807) is 40.0 Å². The van der Waals surface area contributed by atoms with Gasteiger partial charge in [-0.25, -0.2) is 8.42 Å². The first kappa shape index (κ1) is 15.0. The van der Waals surface area contributed by atoms with E-state index in [1.807, 2.05) is 6.92 Å². The molecule has 0 bridgehead atoms. The van der Waals surface area contributed by atoms with Crippen molar-refractivity contribution in [2.45, 2.75) is 38.1 Å². The second-order valence-electron chi connectivity index (χ2n) is 5.33. The molecule has 102 valence electrons. The molecule has 0 aromatic heterocycles. The predicted molar refractivity (Wildman–Crippen MR) is 72.8 cm³/mol. The fourth-order valence-electron chi connectivity index (χ4n) is 1.89. The third-order valence-electron chi connectivity index (χ3n) is 2.59. The van der Waals surface area contributed by atoms with Crippen LogP contribution in [0.15, 0.2) is 17.0 Å². The zero-order chi connectivity index (χ0) is 14.1. The van der Waals surface area contributed by atoms with Crippen LogP contribution in [0.2, 0.25) is 0 Å². The Morgan fingerprint density at radius 1 is 1.22 bits per heavy atom. The van der Waals surface area contributed by atoms with Crippen LogP contribution in [0, 0.1) is 13.8 Å². The van der Waals surface area contributed by atoms with E-state index < -0.39 is 15.4 Å². The van der Waals surface area contributed by atoms with Gasteiger partial charge in [-0.3, -0.25) is 0 Å². The zero-order valence-corrected chi connectivity index (χ0v) is 12.4. The minimum atomic E-state index is -3.38. The van der Waals surface area contributed by atoms with Crippen molar-refractivity contribution in [2.24, 2.45) is 5.73 Å². The Morgan fingerprint density at radius 2 is 1.78 bits per heavy atom. The largest absolute Gasteiger partial charge is 0.496 e. The van der Waals surface area contributed by atoms with Crippen molar-refractivity contribution >= 4 is 9.84 Å². The van der Waals surface area contributed by atoms with Crippen molar-refractivity contribution in [3.05, 3.63) is 23.3 Å². The lowest BCUT2D eigenvalue weighted by Gasteiger charge is -2.19. The lowest BCUT2D eigenvalue weighted by molar-refractivity contribution is 0.411. The standard InChI is InChI=1S/C13H21NO3S/c1-9-7-12(10(2)6-11(9)17-5)18(15,16)8-13(3,4)14/h6-7H,8,14H2,1-5H3. The molecule has 1 aromatic rings. The van der Waals surface area contributed by atoms with Crippen LogP contribution in [0.4, 0.5) is 0 Å². The molecule has 5 heteroatoms. The average molecular weight is 271 g/mol. The van der Waals surface area contributed by atoms with Gasteiger partial charge in [-0.05, 0) is 51.0 Å². The number of rotatable bonds is 4. The molecule has 1 rings (SSSR count). The van der Waals surface area contributed by atoms with Gasteiger partial charge in [-0.2, -0.15) is 0 Å². The Morgan fingerprint density at radius 3 is 2.22 bits per heavy atom. The van der Waals surface area contributed by atoms with E-state index in [0.29, 0.717) is 16.2 Å². The monoisotopic (exact) mass is 271 g/mol. The number of aryl methyl sites for hydroxylation is 2. The summed E-state index contributed by atoms with van der Waals surface area (Å²) >= 11 is 0. The Kier molecular flexibility index (Phi) is 4.08. The van der Waals surface area contributed by atoms with Crippen LogP contribution in [0.1, 0.15) is 25.0 Å². The summed E-state index contributed by atoms with van der Waals surface area (Å²) in [6, 6.07) is 3.39. The summed E-state index contributed by atoms with van der Waals surface area (Å²) in [5.74, 6) is 0.616. The van der Waals surface area contributed by atoms with E-state index >= 15 is 0 Å². The molecule has 0 radical (unpaired) electrons. The fourth-order valence-corrected chi connectivity index (χ4v) is 3.93. The van der Waals surface area contributed by atoms with Gasteiger partial charge in [0.2, 0.25) is 0 Å². The van der Waals surface area contributed by atoms with Crippen molar-refractivity contribution < 1.29 is 13.2 Å². The summed E-state index contributed by atoms with van der Waals surface area (Å²) < 4.78 is 29.8. The smallest absolute Gasteiger partial charge is 0.180 e. The number of hydrogen-bond donors (Lipinski definition) is 1. The van der Waals surface area contributed by atoms with E-state index in [4.69, 9.17) is 10.5 Å². The molecule has 0 atom stereocenters. The molecule has 1 aromatic carbocycles. The summed E-state index contributed by atoms with van der Waals surface area (Å²) in [7, 11) is -1.81. The molecule has 0 heterocycles. The molecular formula is C13H21NO3S. The van der Waals surface area contributed by atoms with Crippen LogP contribution in [0.3, 0.4) is 0 Å². The third-order valence-corrected chi connectivity index (χ3v) is 4.82. The van der Waals surface area contributed by atoms with Gasteiger partial charge >= 0.3 is 0 Å². The summed E-state index contributed by atoms with van der Waals surface area (Å²) in [6.07, 6.45) is 0. The third kappa shape index (κ3) is 3.46. The lowest BCUT2D eigenvalue weighted by atomic mass is 10.1. The maximum absolute atomic E-state index is 12.3. The first-order valence-corrected chi connectivity index (χ1v) is 7.39. The SMILES string of the molecule is COc1cc(C)c(S(=O)(=O)CC(C)(C)N)cc1C. The Labute approximate surface area is 109 Å². The van der Waals surface area contributed by atoms with Crippen LogP contribution in [0.5, 0.6) is 5.75 Å². The number of benzene rings is 1. The Hall–Kier alpha value is -1.07. The lowest BCUT2D eigenvalue weighted by Crippen LogP contribution is -2.40. The first-order valence-electron chi connectivity index (χ1n) is 5.74. The van der Waals surface area contributed by atoms with E-state index in [2.05, 4.69) is 0 Å². The van der Waals surface area contributed by atoms with Gasteiger partial charge in [0.15, 0.2) is 9.84 Å². The van der Waals surface area contributed by atoms with Crippen molar-refractivity contribution in [3.63, 3.8) is 0 Å². The number of hydrogen-bond acceptors (Lipinski definition) is 4. The summed E-state index contributed by atoms with van der Waals surface area (Å²) in [4.78, 5) is 0.333. The normalized spacial score (nSPS) is 12.6. The van der Waals surface area contributed by atoms with E-state index in [9.17, 15) is 8.42 Å². The molecule has 4 nitrogen and oxygen atoms in total. The number of nitrogens with two attached hydrogens (primary N) is 1. The molecule has 0 saturated carbocycles. The number of ether oxygens (including phenoxy) is 1. The maximum Gasteiger partial charge on any atom is 0.180 e. The van der Waals surface area contributed by atoms with E-state index in [-0.39, 0.29) is 5.75 Å². The molecule has 0 amide bonds. The Bertz CT molecular complexity index is 542. The number of methoxy groups -OCH3 is 1. The van der Waals surface area contributed by atoms with Gasteiger partial charge < -0.3 is 10.5 Å². The van der Waals surface area contributed by atoms with Gasteiger partial charge in [0, 0.05) is 5.54 Å². The van der Waals surface area contributed by atoms with E-state index in [0.717, 1.165) is 5.56 Å². The number of sulfone groups is 1. The molecule has 2 N–H and O–H groups in total. The minimum absolute atomic E-state index is 0.0768. The van der Waals surface area contributed by atoms with Gasteiger partial charge in [0.05, 0.1) is 17.8 Å². The summed E-state index contributed by atoms with van der Waals surface area (Å²) in [5.41, 5.74) is 6.53. The zero-order valence-electron chi connectivity index (χ0n) is 11.6. The minimum Gasteiger partial charge on any atom is -0.496 e. The summed E-state index contributed by atoms with van der Waals surface area (Å²) in [6.45, 7) is 7.00. The van der Waals surface area contributed by atoms with Crippen LogP contribution < -0.4 is 10.5 Å². The highest BCUT2D eigenvalue weighted by Crippen LogP contribution is 2.27. The maximum atomic E-state index is 12.3. The van der Waals surface area contributed by atoms with Gasteiger partial charge in [0.25, 0.3) is 0 Å². The molecule has 0 spiro atoms. The quantitative estimate of drug-likeness (QED) is 0.907. The van der Waals surface area contributed by atoms with Crippen LogP contribution in [0.25, 0.3) is 0 Å². The molecule has 0 unspecified atom stereocenters. The summed E-state index contributed by atoms with van der Waals surface area (Å²) in [5, 5.41) is 0. The molecule has 0 aliphatic heterocycles. The second-order valence-corrected chi connectivity index (χ2v) is 7.29. The molecule has 0 saturated heterocycles. The molecule has 0 aliphatic carbocycles. The van der Waals surface area contributed by atoms with E-state index in [1.165, 1.54) is 0 Å². The molecule has 18 heavy (non-hydrogen) atoms. The van der Waals surface area contributed by atoms with Crippen molar-refractivity contribution in [2.75, 3.05) is 12.9 Å². The van der Waals surface area contributed by atoms with Crippen molar-refractivity contribution in [3.8, 4) is 5.75 Å². The molecular weight excluding hydrogens is 250 g/mol. The van der Waals surface area contributed by atoms with Crippen LogP contribution >= 0.6 is 0 Å². The highest BCUT2D eigenvalue weighted by Gasteiger charge is 2.26. The predicted octanol–water partition coefficient (Wildman–Crippen LogP) is 1.82. The van der Waals surface area contributed by atoms with Crippen LogP contribution in [-0.2, 0) is 9.84 Å². The molecule has 0 aliphatic rings. The molecule has 0 fully saturated rings. The average Bonchev–Trinajstić information content (AvgIpc) is 2.17.